The van der Waals surface area contributed by atoms with E-state index < -0.39 is 15.0 Å². The van der Waals surface area contributed by atoms with E-state index in [0.717, 1.165) is 13.4 Å². The van der Waals surface area contributed by atoms with E-state index >= 15 is 0 Å². The molecule has 0 amide bonds. The Morgan fingerprint density at radius 1 is 0.500 bits per heavy atom. The van der Waals surface area contributed by atoms with E-state index in [1.165, 1.54) is 0 Å². The Labute approximate surface area is 129 Å². The van der Waals surface area contributed by atoms with Crippen molar-refractivity contribution in [1.29, 1.82) is 0 Å². The van der Waals surface area contributed by atoms with E-state index in [1.807, 2.05) is 0 Å². The number of hydrogen-bond acceptors (Lipinski definition) is 4. The van der Waals surface area contributed by atoms with Gasteiger partial charge in [-0.2, -0.15) is 0 Å². The van der Waals surface area contributed by atoms with Gasteiger partial charge in [0.15, 0.2) is 0 Å². The molecule has 0 saturated heterocycles. The Balaban J connectivity index is -0.0000000853. The second-order valence-electron chi connectivity index (χ2n) is 8.50. The van der Waals surface area contributed by atoms with Crippen molar-refractivity contribution < 1.29 is 44.2 Å². The van der Waals surface area contributed by atoms with Gasteiger partial charge in [0.25, 0.3) is 0 Å². The van der Waals surface area contributed by atoms with Crippen LogP contribution in [0.1, 0.15) is 0 Å². The van der Waals surface area contributed by atoms with Gasteiger partial charge < -0.3 is 13.4 Å². The summed E-state index contributed by atoms with van der Waals surface area (Å²) in [4.78, 5) is 0. The van der Waals surface area contributed by atoms with Crippen LogP contribution in [0.3, 0.4) is 0 Å². The fourth-order valence-electron chi connectivity index (χ4n) is 0. The van der Waals surface area contributed by atoms with E-state index in [9.17, 15) is 0 Å². The van der Waals surface area contributed by atoms with Gasteiger partial charge >= 0.3 is 30.8 Å². The predicted octanol–water partition coefficient (Wildman–Crippen LogP) is -2.72. The van der Waals surface area contributed by atoms with Crippen LogP contribution in [0.25, 0.3) is 0 Å². The molecular weight excluding hydrogens is 301 g/mol. The molecule has 0 aliphatic heterocycles. The molecule has 0 N–H and O–H groups in total. The van der Waals surface area contributed by atoms with Crippen LogP contribution in [0.2, 0.25) is 0 Å². The third-order valence-corrected chi connectivity index (χ3v) is 0. The van der Waals surface area contributed by atoms with Gasteiger partial charge in [0.2, 0.25) is 0 Å². The Morgan fingerprint density at radius 2 is 0.500 bits per heavy atom. The second kappa shape index (κ2) is 10.8. The van der Waals surface area contributed by atoms with Crippen LogP contribution in [-0.4, -0.2) is 98.0 Å². The van der Waals surface area contributed by atoms with Crippen LogP contribution in [0, 0.1) is 0 Å². The van der Waals surface area contributed by atoms with Gasteiger partial charge in [-0.3, -0.25) is 0 Å². The molecule has 0 heterocycles. The van der Waals surface area contributed by atoms with Crippen molar-refractivity contribution in [3.8, 4) is 0 Å². The zero-order valence-electron chi connectivity index (χ0n) is 15.4. The SMILES string of the molecule is C[N+](C)(C)C.C[N+](C)(C)C.C[N+](C)(C)C.[O]=[V]([O-])([O-])[O-]. The van der Waals surface area contributed by atoms with Gasteiger partial charge in [-0.05, 0) is 0 Å². The topological polar surface area (TPSA) is 86.2 Å². The van der Waals surface area contributed by atoms with E-state index in [2.05, 4.69) is 84.6 Å². The molecule has 0 spiro atoms. The molecule has 7 nitrogen and oxygen atoms in total. The molecular formula is C12H36N3O4V. The summed E-state index contributed by atoms with van der Waals surface area (Å²) in [7, 11) is 25.5. The standard InChI is InChI=1S/3C4H12N.4O.V/c3*1-5(2,3)4;;;;;/h3*1-4H3;;;;;/q3*+1;;3*-1;. The molecule has 20 heavy (non-hydrogen) atoms. The molecule has 0 aliphatic carbocycles. The molecule has 0 aliphatic rings. The van der Waals surface area contributed by atoms with E-state index in [4.69, 9.17) is 15.8 Å². The third kappa shape index (κ3) is 256000. The zero-order chi connectivity index (χ0) is 18.0. The van der Waals surface area contributed by atoms with Gasteiger partial charge in [0.05, 0.1) is 84.6 Å². The molecule has 128 valence electrons. The first-order valence-electron chi connectivity index (χ1n) is 6.10. The summed E-state index contributed by atoms with van der Waals surface area (Å²) >= 11 is -5.88. The number of rotatable bonds is 0. The van der Waals surface area contributed by atoms with E-state index in [1.54, 1.807) is 0 Å². The van der Waals surface area contributed by atoms with Crippen LogP contribution in [0.15, 0.2) is 0 Å². The summed E-state index contributed by atoms with van der Waals surface area (Å²) in [6, 6.07) is 0. The molecule has 0 atom stereocenters. The maximum atomic E-state index is 8.61. The quantitative estimate of drug-likeness (QED) is 0.450. The Kier molecular flexibility index (Phi) is 15.3. The molecule has 0 saturated carbocycles. The number of nitrogens with zero attached hydrogens (tertiary/aromatic N) is 3. The van der Waals surface area contributed by atoms with Crippen LogP contribution in [0.4, 0.5) is 0 Å². The molecule has 0 aromatic rings. The normalized spacial score (nSPS) is 11.9. The minimum absolute atomic E-state index is 1.00. The van der Waals surface area contributed by atoms with Crippen molar-refractivity contribution in [2.45, 2.75) is 0 Å². The van der Waals surface area contributed by atoms with Crippen molar-refractivity contribution in [3.05, 3.63) is 0 Å². The average Bonchev–Trinajstić information content (AvgIpc) is 1.62. The third-order valence-electron chi connectivity index (χ3n) is 0. The van der Waals surface area contributed by atoms with Gasteiger partial charge in [-0.15, -0.1) is 0 Å². The Bertz CT molecular complexity index is 205. The van der Waals surface area contributed by atoms with Crippen LogP contribution in [0.5, 0.6) is 0 Å². The van der Waals surface area contributed by atoms with E-state index in [0.29, 0.717) is 0 Å². The Hall–Kier alpha value is 0.144. The molecule has 8 heteroatoms. The van der Waals surface area contributed by atoms with Crippen molar-refractivity contribution in [3.63, 3.8) is 0 Å². The molecule has 0 aromatic carbocycles. The van der Waals surface area contributed by atoms with Crippen LogP contribution >= 0.6 is 0 Å². The van der Waals surface area contributed by atoms with Gasteiger partial charge in [0, 0.05) is 0 Å². The minimum atomic E-state index is -5.88. The molecule has 0 aromatic heterocycles. The monoisotopic (exact) mass is 337 g/mol. The first kappa shape index (κ1) is 28.3. The van der Waals surface area contributed by atoms with Gasteiger partial charge in [0.1, 0.15) is 0 Å². The first-order chi connectivity index (χ1) is 8.00. The van der Waals surface area contributed by atoms with Crippen LogP contribution < -0.4 is 12.1 Å². The summed E-state index contributed by atoms with van der Waals surface area (Å²) in [5, 5.41) is 0. The summed E-state index contributed by atoms with van der Waals surface area (Å²) in [6.45, 7) is 0. The number of hydrogen-bond donors (Lipinski definition) is 0. The van der Waals surface area contributed by atoms with Crippen molar-refractivity contribution >= 4 is 0 Å². The summed E-state index contributed by atoms with van der Waals surface area (Å²) in [6.07, 6.45) is 0. The molecule has 0 unspecified atom stereocenters. The predicted molar refractivity (Wildman–Crippen MR) is 72.6 cm³/mol. The van der Waals surface area contributed by atoms with E-state index in [-0.39, 0.29) is 0 Å². The second-order valence-corrected chi connectivity index (χ2v) is 9.89. The average molecular weight is 337 g/mol. The Morgan fingerprint density at radius 3 is 0.500 bits per heavy atom. The molecule has 0 bridgehead atoms. The number of quaternary nitrogens is 3. The van der Waals surface area contributed by atoms with Gasteiger partial charge in [-0.25, -0.2) is 0 Å². The van der Waals surface area contributed by atoms with Crippen molar-refractivity contribution in [2.24, 2.45) is 0 Å². The fourth-order valence-corrected chi connectivity index (χ4v) is 0. The molecule has 0 radical (unpaired) electrons. The summed E-state index contributed by atoms with van der Waals surface area (Å²) in [5.41, 5.74) is 0. The van der Waals surface area contributed by atoms with Crippen LogP contribution in [-0.2, 0) is 18.7 Å². The molecule has 0 fully saturated rings. The molecule has 0 rings (SSSR count). The zero-order valence-corrected chi connectivity index (χ0v) is 16.8. The van der Waals surface area contributed by atoms with Gasteiger partial charge in [-0.1, -0.05) is 0 Å². The summed E-state index contributed by atoms with van der Waals surface area (Å²) < 4.78 is 37.4. The maximum absolute atomic E-state index is 8.61. The van der Waals surface area contributed by atoms with Crippen molar-refractivity contribution in [1.82, 2.24) is 0 Å². The summed E-state index contributed by atoms with van der Waals surface area (Å²) in [5.74, 6) is 0. The fraction of sp³-hybridized carbons (Fsp3) is 1.00. The first-order valence-corrected chi connectivity index (χ1v) is 8.38. The van der Waals surface area contributed by atoms with Crippen molar-refractivity contribution in [2.75, 3.05) is 84.6 Å².